The summed E-state index contributed by atoms with van der Waals surface area (Å²) in [5.74, 6) is -0.804. The van der Waals surface area contributed by atoms with Crippen LogP contribution >= 0.6 is 11.3 Å². The number of nitrogens with zero attached hydrogens (tertiary/aromatic N) is 6. The molecular formula is C34H35F2N7O2S. The van der Waals surface area contributed by atoms with Gasteiger partial charge in [-0.25, -0.2) is 13.6 Å². The first-order chi connectivity index (χ1) is 22.1. The molecular weight excluding hydrogens is 608 g/mol. The number of carbonyl (C=O) groups is 1. The molecule has 2 aromatic heterocycles. The molecule has 2 N–H and O–H groups in total. The molecule has 2 saturated heterocycles. The Morgan fingerprint density at radius 3 is 2.74 bits per heavy atom. The van der Waals surface area contributed by atoms with Gasteiger partial charge < -0.3 is 20.3 Å². The highest BCUT2D eigenvalue weighted by Gasteiger charge is 2.51. The topological polar surface area (TPSA) is 92.2 Å². The lowest BCUT2D eigenvalue weighted by atomic mass is 9.98. The van der Waals surface area contributed by atoms with Gasteiger partial charge in [0.1, 0.15) is 23.8 Å². The largest absolute Gasteiger partial charge is 0.462 e. The second kappa shape index (κ2) is 11.2. The number of halogens is 2. The average molecular weight is 644 g/mol. The van der Waals surface area contributed by atoms with E-state index in [1.54, 1.807) is 17.0 Å². The summed E-state index contributed by atoms with van der Waals surface area (Å²) in [6.07, 6.45) is 5.52. The maximum Gasteiger partial charge on any atom is 0.319 e. The molecule has 12 heteroatoms. The van der Waals surface area contributed by atoms with Gasteiger partial charge >= 0.3 is 6.01 Å². The number of nitrogen functional groups attached to an aromatic ring is 1. The third kappa shape index (κ3) is 4.84. The van der Waals surface area contributed by atoms with Crippen LogP contribution in [0.4, 0.5) is 25.3 Å². The zero-order valence-electron chi connectivity index (χ0n) is 26.0. The van der Waals surface area contributed by atoms with Crippen molar-refractivity contribution in [3.8, 4) is 17.1 Å². The van der Waals surface area contributed by atoms with Crippen LogP contribution in [0.25, 0.3) is 37.0 Å². The van der Waals surface area contributed by atoms with Gasteiger partial charge in [-0.1, -0.05) is 18.7 Å². The number of rotatable bonds is 7. The highest BCUT2D eigenvalue weighted by atomic mass is 32.1. The number of aromatic nitrogens is 2. The maximum atomic E-state index is 16.8. The molecule has 3 atom stereocenters. The first kappa shape index (κ1) is 30.3. The molecule has 1 amide bonds. The fourth-order valence-electron chi connectivity index (χ4n) is 7.48. The molecule has 0 radical (unpaired) electrons. The number of ether oxygens (including phenoxy) is 1. The zero-order valence-corrected chi connectivity index (χ0v) is 26.8. The van der Waals surface area contributed by atoms with Crippen LogP contribution in [0.1, 0.15) is 32.6 Å². The normalized spacial score (nSPS) is 22.1. The van der Waals surface area contributed by atoms with Gasteiger partial charge in [0.2, 0.25) is 11.6 Å². The van der Waals surface area contributed by atoms with E-state index in [4.69, 9.17) is 22.0 Å². The molecule has 1 aliphatic carbocycles. The van der Waals surface area contributed by atoms with E-state index in [2.05, 4.69) is 28.4 Å². The van der Waals surface area contributed by atoms with Crippen molar-refractivity contribution in [1.82, 2.24) is 19.8 Å². The van der Waals surface area contributed by atoms with E-state index in [-0.39, 0.29) is 61.9 Å². The van der Waals surface area contributed by atoms with Gasteiger partial charge in [-0.05, 0) is 68.8 Å². The molecule has 46 heavy (non-hydrogen) atoms. The SMILES string of the molecule is [C-]#[N+]c1c(N)sc2c(F)ccc(-c3ccc4c(N(C)[C@@H]5CCN(C(=O)C=C)[C@H]5C)nc(OC[C@@H]5CC6(CC6)CN5C)nc4c3F)c12. The molecule has 1 saturated carbocycles. The van der Waals surface area contributed by atoms with Gasteiger partial charge in [-0.15, -0.1) is 11.3 Å². The average Bonchev–Trinajstić information content (AvgIpc) is 3.37. The minimum absolute atomic E-state index is 0.0532. The summed E-state index contributed by atoms with van der Waals surface area (Å²) in [7, 11) is 3.99. The van der Waals surface area contributed by atoms with E-state index in [9.17, 15) is 9.18 Å². The number of hydrogen-bond donors (Lipinski definition) is 1. The second-order valence-corrected chi connectivity index (χ2v) is 14.0. The van der Waals surface area contributed by atoms with Crippen LogP contribution in [0.2, 0.25) is 0 Å². The number of benzene rings is 2. The first-order valence-corrected chi connectivity index (χ1v) is 16.2. The number of carbonyl (C=O) groups excluding carboxylic acids is 1. The number of fused-ring (bicyclic) bond motifs is 2. The minimum Gasteiger partial charge on any atom is -0.462 e. The molecule has 4 heterocycles. The van der Waals surface area contributed by atoms with Gasteiger partial charge in [0.05, 0.1) is 22.3 Å². The predicted octanol–water partition coefficient (Wildman–Crippen LogP) is 6.40. The van der Waals surface area contributed by atoms with Crippen molar-refractivity contribution in [2.24, 2.45) is 5.41 Å². The third-order valence-corrected chi connectivity index (χ3v) is 11.2. The molecule has 2 aromatic carbocycles. The van der Waals surface area contributed by atoms with Crippen molar-refractivity contribution in [2.45, 2.75) is 50.7 Å². The molecule has 4 aromatic rings. The summed E-state index contributed by atoms with van der Waals surface area (Å²) in [5.41, 5.74) is 7.14. The quantitative estimate of drug-likeness (QED) is 0.184. The van der Waals surface area contributed by atoms with Crippen LogP contribution < -0.4 is 15.4 Å². The molecule has 7 rings (SSSR count). The Morgan fingerprint density at radius 2 is 2.04 bits per heavy atom. The number of anilines is 2. The van der Waals surface area contributed by atoms with E-state index in [1.807, 2.05) is 18.9 Å². The summed E-state index contributed by atoms with van der Waals surface area (Å²) in [4.78, 5) is 31.5. The Kier molecular flexibility index (Phi) is 7.36. The van der Waals surface area contributed by atoms with Gasteiger partial charge in [0.25, 0.3) is 0 Å². The number of nitrogens with two attached hydrogens (primary N) is 1. The van der Waals surface area contributed by atoms with Gasteiger partial charge in [-0.2, -0.15) is 9.97 Å². The summed E-state index contributed by atoms with van der Waals surface area (Å²) < 4.78 is 38.0. The predicted molar refractivity (Wildman–Crippen MR) is 177 cm³/mol. The summed E-state index contributed by atoms with van der Waals surface area (Å²) in [5, 5.41) is 0.933. The lowest BCUT2D eigenvalue weighted by molar-refractivity contribution is -0.126. The maximum absolute atomic E-state index is 16.8. The fraction of sp³-hybridized carbons (Fsp3) is 0.412. The molecule has 238 valence electrons. The van der Waals surface area contributed by atoms with Crippen molar-refractivity contribution in [1.29, 1.82) is 0 Å². The Balaban J connectivity index is 1.33. The third-order valence-electron chi connectivity index (χ3n) is 10.2. The summed E-state index contributed by atoms with van der Waals surface area (Å²) >= 11 is 0.974. The van der Waals surface area contributed by atoms with Gasteiger partial charge in [-0.3, -0.25) is 9.69 Å². The standard InChI is InChI=1S/C34H35F2N7O2S/c1-6-25(44)43-14-11-24(18(43)2)42(5)32-22-8-7-21(20-9-10-23(35)30-26(20)29(38-3)31(37)46-30)27(36)28(22)39-33(40-32)45-16-19-15-34(12-13-34)17-41(19)4/h6-10,18-19,24H,1,11-17,37H2,2,4-5H3/t18-,19-,24+/m0/s1. The Bertz CT molecular complexity index is 1950. The second-order valence-electron chi connectivity index (χ2n) is 12.9. The number of likely N-dealkylation sites (tertiary alicyclic amines) is 2. The van der Waals surface area contributed by atoms with Crippen LogP contribution in [-0.4, -0.2) is 77.6 Å². The number of amides is 1. The monoisotopic (exact) mass is 643 g/mol. The van der Waals surface area contributed by atoms with Crippen molar-refractivity contribution < 1.29 is 18.3 Å². The number of hydrogen-bond acceptors (Lipinski definition) is 8. The van der Waals surface area contributed by atoms with Crippen molar-refractivity contribution in [3.63, 3.8) is 0 Å². The molecule has 1 spiro atoms. The van der Waals surface area contributed by atoms with Crippen LogP contribution in [0.5, 0.6) is 6.01 Å². The van der Waals surface area contributed by atoms with Crippen molar-refractivity contribution >= 4 is 54.7 Å². The molecule has 0 bridgehead atoms. The van der Waals surface area contributed by atoms with Gasteiger partial charge in [0.15, 0.2) is 5.82 Å². The lowest BCUT2D eigenvalue weighted by Crippen LogP contribution is -2.43. The van der Waals surface area contributed by atoms with Crippen LogP contribution in [0.3, 0.4) is 0 Å². The highest BCUT2D eigenvalue weighted by Crippen LogP contribution is 2.54. The van der Waals surface area contributed by atoms with E-state index >= 15 is 4.39 Å². The Morgan fingerprint density at radius 1 is 1.28 bits per heavy atom. The number of likely N-dealkylation sites (N-methyl/N-ethyl adjacent to an activating group) is 2. The van der Waals surface area contributed by atoms with E-state index in [1.165, 1.54) is 31.1 Å². The van der Waals surface area contributed by atoms with Crippen LogP contribution in [-0.2, 0) is 4.79 Å². The minimum atomic E-state index is -0.633. The smallest absolute Gasteiger partial charge is 0.319 e. The Hall–Kier alpha value is -4.34. The van der Waals surface area contributed by atoms with E-state index in [0.717, 1.165) is 24.3 Å². The molecule has 2 aliphatic heterocycles. The zero-order chi connectivity index (χ0) is 32.5. The van der Waals surface area contributed by atoms with E-state index in [0.29, 0.717) is 41.8 Å². The highest BCUT2D eigenvalue weighted by molar-refractivity contribution is 7.23. The fourth-order valence-corrected chi connectivity index (χ4v) is 8.42. The van der Waals surface area contributed by atoms with Crippen LogP contribution in [0, 0.1) is 23.6 Å². The van der Waals surface area contributed by atoms with E-state index < -0.39 is 11.6 Å². The summed E-state index contributed by atoms with van der Waals surface area (Å²) in [6, 6.07) is 6.13. The summed E-state index contributed by atoms with van der Waals surface area (Å²) in [6.45, 7) is 15.3. The van der Waals surface area contributed by atoms with Gasteiger partial charge in [0, 0.05) is 48.6 Å². The van der Waals surface area contributed by atoms with Crippen LogP contribution in [0.15, 0.2) is 36.9 Å². The molecule has 3 aliphatic rings. The Labute approximate surface area is 270 Å². The molecule has 9 nitrogen and oxygen atoms in total. The molecule has 3 fully saturated rings. The lowest BCUT2D eigenvalue weighted by Gasteiger charge is -2.32. The first-order valence-electron chi connectivity index (χ1n) is 15.4. The van der Waals surface area contributed by atoms with Crippen molar-refractivity contribution in [2.75, 3.05) is 44.4 Å². The molecule has 0 unspecified atom stereocenters. The number of thiophene rings is 1. The van der Waals surface area contributed by atoms with Crippen molar-refractivity contribution in [3.05, 3.63) is 60.0 Å².